The predicted octanol–water partition coefficient (Wildman–Crippen LogP) is 2.67. The van der Waals surface area contributed by atoms with Crippen molar-refractivity contribution < 1.29 is 4.74 Å². The maximum absolute atomic E-state index is 6.25. The first-order valence-electron chi connectivity index (χ1n) is 8.01. The third kappa shape index (κ3) is 4.68. The number of ether oxygens (including phenoxy) is 1. The van der Waals surface area contributed by atoms with Crippen LogP contribution in [-0.2, 0) is 6.54 Å². The highest BCUT2D eigenvalue weighted by atomic mass is 16.5. The monoisotopic (exact) mass is 291 g/mol. The van der Waals surface area contributed by atoms with E-state index in [4.69, 9.17) is 4.74 Å². The maximum atomic E-state index is 6.25. The lowest BCUT2D eigenvalue weighted by Crippen LogP contribution is -2.36. The Bertz CT molecular complexity index is 465. The molecule has 1 N–H and O–H groups in total. The van der Waals surface area contributed by atoms with Crippen LogP contribution in [0, 0.1) is 13.8 Å². The zero-order valence-electron chi connectivity index (χ0n) is 14.1. The van der Waals surface area contributed by atoms with Crippen LogP contribution in [0.4, 0.5) is 0 Å². The summed E-state index contributed by atoms with van der Waals surface area (Å²) in [6.07, 6.45) is 2.47. The van der Waals surface area contributed by atoms with Crippen molar-refractivity contribution in [2.75, 3.05) is 20.1 Å². The topological polar surface area (TPSA) is 37.4 Å². The van der Waals surface area contributed by atoms with E-state index in [0.717, 1.165) is 44.0 Å². The van der Waals surface area contributed by atoms with Gasteiger partial charge in [0, 0.05) is 36.9 Å². The SMILES string of the molecule is Cc1cc(C)c(CNC(C)C)c(OC2CCN(C)CC2)n1. The summed E-state index contributed by atoms with van der Waals surface area (Å²) in [6, 6.07) is 2.60. The van der Waals surface area contributed by atoms with E-state index in [1.165, 1.54) is 11.1 Å². The lowest BCUT2D eigenvalue weighted by Gasteiger charge is -2.30. The van der Waals surface area contributed by atoms with E-state index >= 15 is 0 Å². The molecule has 0 unspecified atom stereocenters. The van der Waals surface area contributed by atoms with Crippen molar-refractivity contribution in [3.8, 4) is 5.88 Å². The minimum absolute atomic E-state index is 0.299. The number of likely N-dealkylation sites (tertiary alicyclic amines) is 1. The number of aryl methyl sites for hydroxylation is 2. The van der Waals surface area contributed by atoms with Crippen LogP contribution in [0.5, 0.6) is 5.88 Å². The van der Waals surface area contributed by atoms with Gasteiger partial charge in [0.15, 0.2) is 0 Å². The first kappa shape index (κ1) is 16.2. The Morgan fingerprint density at radius 3 is 2.62 bits per heavy atom. The summed E-state index contributed by atoms with van der Waals surface area (Å²) in [5.74, 6) is 0.829. The normalized spacial score (nSPS) is 17.4. The third-order valence-corrected chi connectivity index (χ3v) is 4.07. The van der Waals surface area contributed by atoms with E-state index in [2.05, 4.69) is 49.1 Å². The quantitative estimate of drug-likeness (QED) is 0.905. The van der Waals surface area contributed by atoms with Crippen molar-refractivity contribution >= 4 is 0 Å². The predicted molar refractivity (Wildman–Crippen MR) is 86.8 cm³/mol. The molecule has 0 bridgehead atoms. The van der Waals surface area contributed by atoms with E-state index in [1.54, 1.807) is 0 Å². The minimum Gasteiger partial charge on any atom is -0.474 e. The molecular weight excluding hydrogens is 262 g/mol. The molecule has 0 amide bonds. The average Bonchev–Trinajstić information content (AvgIpc) is 2.40. The summed E-state index contributed by atoms with van der Waals surface area (Å²) in [5.41, 5.74) is 3.50. The fraction of sp³-hybridized carbons (Fsp3) is 0.706. The first-order chi connectivity index (χ1) is 9.95. The first-order valence-corrected chi connectivity index (χ1v) is 8.01. The van der Waals surface area contributed by atoms with Crippen LogP contribution >= 0.6 is 0 Å². The molecule has 1 saturated heterocycles. The van der Waals surface area contributed by atoms with Gasteiger partial charge in [-0.1, -0.05) is 13.8 Å². The lowest BCUT2D eigenvalue weighted by atomic mass is 10.1. The van der Waals surface area contributed by atoms with Crippen LogP contribution in [0.15, 0.2) is 6.07 Å². The van der Waals surface area contributed by atoms with Gasteiger partial charge in [-0.15, -0.1) is 0 Å². The molecule has 4 nitrogen and oxygen atoms in total. The van der Waals surface area contributed by atoms with Crippen LogP contribution < -0.4 is 10.1 Å². The highest BCUT2D eigenvalue weighted by molar-refractivity contribution is 5.36. The molecule has 1 aromatic heterocycles. The molecule has 0 saturated carbocycles. The van der Waals surface area contributed by atoms with Gasteiger partial charge in [-0.3, -0.25) is 0 Å². The molecule has 0 radical (unpaired) electrons. The number of nitrogens with zero attached hydrogens (tertiary/aromatic N) is 2. The number of piperidine rings is 1. The maximum Gasteiger partial charge on any atom is 0.218 e. The minimum atomic E-state index is 0.299. The van der Waals surface area contributed by atoms with Gasteiger partial charge in [0.25, 0.3) is 0 Å². The molecule has 1 aliphatic rings. The summed E-state index contributed by atoms with van der Waals surface area (Å²) in [7, 11) is 2.17. The second kappa shape index (κ2) is 7.23. The Kier molecular flexibility index (Phi) is 5.59. The highest BCUT2D eigenvalue weighted by Crippen LogP contribution is 2.24. The van der Waals surface area contributed by atoms with Gasteiger partial charge in [0.05, 0.1) is 0 Å². The number of rotatable bonds is 5. The van der Waals surface area contributed by atoms with Crippen LogP contribution in [0.3, 0.4) is 0 Å². The Morgan fingerprint density at radius 2 is 2.00 bits per heavy atom. The number of pyridine rings is 1. The number of nitrogens with one attached hydrogen (secondary N) is 1. The van der Waals surface area contributed by atoms with E-state index in [1.807, 2.05) is 6.92 Å². The molecule has 0 aliphatic carbocycles. The van der Waals surface area contributed by atoms with E-state index in [9.17, 15) is 0 Å². The lowest BCUT2D eigenvalue weighted by molar-refractivity contribution is 0.108. The summed E-state index contributed by atoms with van der Waals surface area (Å²) in [5, 5.41) is 3.48. The van der Waals surface area contributed by atoms with Crippen LogP contribution in [0.2, 0.25) is 0 Å². The van der Waals surface area contributed by atoms with E-state index in [0.29, 0.717) is 12.1 Å². The second-order valence-electron chi connectivity index (χ2n) is 6.52. The molecule has 118 valence electrons. The van der Waals surface area contributed by atoms with Gasteiger partial charge in [0.2, 0.25) is 5.88 Å². The fourth-order valence-corrected chi connectivity index (χ4v) is 2.71. The van der Waals surface area contributed by atoms with Crippen molar-refractivity contribution in [3.05, 3.63) is 22.9 Å². The average molecular weight is 291 g/mol. The highest BCUT2D eigenvalue weighted by Gasteiger charge is 2.20. The number of aromatic nitrogens is 1. The standard InChI is InChI=1S/C17H29N3O/c1-12(2)18-11-16-13(3)10-14(4)19-17(16)21-15-6-8-20(5)9-7-15/h10,12,15,18H,6-9,11H2,1-5H3. The Morgan fingerprint density at radius 1 is 1.33 bits per heavy atom. The molecule has 1 aliphatic heterocycles. The summed E-state index contributed by atoms with van der Waals surface area (Å²) in [4.78, 5) is 7.01. The molecule has 0 aromatic carbocycles. The van der Waals surface area contributed by atoms with Gasteiger partial charge in [-0.25, -0.2) is 4.98 Å². The number of hydrogen-bond acceptors (Lipinski definition) is 4. The van der Waals surface area contributed by atoms with E-state index < -0.39 is 0 Å². The van der Waals surface area contributed by atoms with Gasteiger partial charge in [0.1, 0.15) is 6.10 Å². The van der Waals surface area contributed by atoms with Gasteiger partial charge in [-0.2, -0.15) is 0 Å². The largest absolute Gasteiger partial charge is 0.474 e. The molecular formula is C17H29N3O. The molecule has 1 aromatic rings. The molecule has 1 fully saturated rings. The van der Waals surface area contributed by atoms with Crippen molar-refractivity contribution in [3.63, 3.8) is 0 Å². The Balaban J connectivity index is 2.12. The molecule has 4 heteroatoms. The smallest absolute Gasteiger partial charge is 0.218 e. The van der Waals surface area contributed by atoms with Crippen LogP contribution in [0.25, 0.3) is 0 Å². The Labute approximate surface area is 128 Å². The number of hydrogen-bond donors (Lipinski definition) is 1. The molecule has 21 heavy (non-hydrogen) atoms. The second-order valence-corrected chi connectivity index (χ2v) is 6.52. The van der Waals surface area contributed by atoms with Crippen LogP contribution in [-0.4, -0.2) is 42.2 Å². The van der Waals surface area contributed by atoms with Crippen molar-refractivity contribution in [2.24, 2.45) is 0 Å². The molecule has 2 rings (SSSR count). The van der Waals surface area contributed by atoms with Crippen LogP contribution in [0.1, 0.15) is 43.5 Å². The summed E-state index contributed by atoms with van der Waals surface area (Å²) in [6.45, 7) is 11.5. The summed E-state index contributed by atoms with van der Waals surface area (Å²) < 4.78 is 6.25. The van der Waals surface area contributed by atoms with Crippen molar-refractivity contribution in [1.29, 1.82) is 0 Å². The zero-order valence-corrected chi connectivity index (χ0v) is 14.1. The summed E-state index contributed by atoms with van der Waals surface area (Å²) >= 11 is 0. The Hall–Kier alpha value is -1.13. The van der Waals surface area contributed by atoms with E-state index in [-0.39, 0.29) is 0 Å². The van der Waals surface area contributed by atoms with Gasteiger partial charge in [-0.05, 0) is 45.4 Å². The zero-order chi connectivity index (χ0) is 15.4. The fourth-order valence-electron chi connectivity index (χ4n) is 2.71. The molecule has 0 spiro atoms. The van der Waals surface area contributed by atoms with Crippen molar-refractivity contribution in [1.82, 2.24) is 15.2 Å². The van der Waals surface area contributed by atoms with Gasteiger partial charge >= 0.3 is 0 Å². The third-order valence-electron chi connectivity index (χ3n) is 4.07. The molecule has 0 atom stereocenters. The molecule has 2 heterocycles. The van der Waals surface area contributed by atoms with Gasteiger partial charge < -0.3 is 15.0 Å². The van der Waals surface area contributed by atoms with Crippen molar-refractivity contribution in [2.45, 2.75) is 59.2 Å².